The van der Waals surface area contributed by atoms with Crippen molar-refractivity contribution >= 4 is 11.9 Å². The van der Waals surface area contributed by atoms with Crippen molar-refractivity contribution in [2.75, 3.05) is 31.2 Å². The minimum atomic E-state index is -0.869. The molecular formula is C16H17N3O4. The molecular weight excluding hydrogens is 298 g/mol. The Labute approximate surface area is 132 Å². The lowest BCUT2D eigenvalue weighted by atomic mass is 9.76. The summed E-state index contributed by atoms with van der Waals surface area (Å²) in [5.41, 5.74) is -0.0228. The zero-order chi connectivity index (χ0) is 15.9. The highest BCUT2D eigenvalue weighted by molar-refractivity contribution is 5.77. The van der Waals surface area contributed by atoms with Crippen molar-refractivity contribution in [3.05, 3.63) is 30.3 Å². The Kier molecular flexibility index (Phi) is 3.30. The number of aromatic nitrogens is 2. The molecule has 4 rings (SSSR count). The van der Waals surface area contributed by atoms with Gasteiger partial charge in [0.25, 0.3) is 11.8 Å². The van der Waals surface area contributed by atoms with Gasteiger partial charge in [0.05, 0.1) is 6.61 Å². The molecule has 1 N–H and O–H groups in total. The number of carbonyl (C=O) groups is 1. The maximum atomic E-state index is 11.8. The molecule has 7 nitrogen and oxygen atoms in total. The molecule has 0 unspecified atom stereocenters. The summed E-state index contributed by atoms with van der Waals surface area (Å²) in [6.07, 6.45) is 0.742. The van der Waals surface area contributed by atoms with E-state index >= 15 is 0 Å². The number of carboxylic acid groups (broad SMARTS) is 1. The lowest BCUT2D eigenvalue weighted by Gasteiger charge is -2.33. The number of anilines is 1. The van der Waals surface area contributed by atoms with E-state index in [0.29, 0.717) is 31.5 Å². The van der Waals surface area contributed by atoms with Gasteiger partial charge in [0.15, 0.2) is 0 Å². The molecule has 2 saturated heterocycles. The molecule has 0 spiro atoms. The number of nitrogens with zero attached hydrogens (tertiary/aromatic N) is 3. The molecule has 0 saturated carbocycles. The Morgan fingerprint density at radius 1 is 1.35 bits per heavy atom. The van der Waals surface area contributed by atoms with Gasteiger partial charge in [-0.05, 0) is 29.6 Å². The average Bonchev–Trinajstić information content (AvgIpc) is 3.21. The van der Waals surface area contributed by atoms with Crippen LogP contribution in [0.5, 0.6) is 0 Å². The first kappa shape index (κ1) is 14.2. The average molecular weight is 315 g/mol. The number of fused-ring (bicyclic) bond motifs is 1. The largest absolute Gasteiger partial charge is 0.481 e. The van der Waals surface area contributed by atoms with Crippen LogP contribution in [0.25, 0.3) is 11.5 Å². The van der Waals surface area contributed by atoms with E-state index in [1.54, 1.807) is 0 Å². The van der Waals surface area contributed by atoms with Crippen molar-refractivity contribution in [1.29, 1.82) is 0 Å². The predicted octanol–water partition coefficient (Wildman–Crippen LogP) is 1.66. The Morgan fingerprint density at radius 2 is 2.17 bits per heavy atom. The summed E-state index contributed by atoms with van der Waals surface area (Å²) in [5.74, 6) is 0.124. The van der Waals surface area contributed by atoms with Crippen LogP contribution >= 0.6 is 0 Å². The van der Waals surface area contributed by atoms with E-state index in [-0.39, 0.29) is 12.5 Å². The maximum Gasteiger partial charge on any atom is 0.314 e. The fourth-order valence-electron chi connectivity index (χ4n) is 3.48. The van der Waals surface area contributed by atoms with Crippen molar-refractivity contribution in [3.8, 4) is 11.5 Å². The molecule has 23 heavy (non-hydrogen) atoms. The van der Waals surface area contributed by atoms with Crippen molar-refractivity contribution in [1.82, 2.24) is 10.1 Å². The number of rotatable bonds is 3. The van der Waals surface area contributed by atoms with Crippen LogP contribution < -0.4 is 4.90 Å². The fraction of sp³-hybridized carbons (Fsp3) is 0.438. The standard InChI is InChI=1S/C16H17N3O4/c20-14(21)16-9-19(8-12(16)6-7-22-10-16)15-17-13(23-18-15)11-4-2-1-3-5-11/h1-5,12H,6-10H2,(H,20,21)/t12-,16+/m0/s1. The second kappa shape index (κ2) is 5.34. The molecule has 0 aliphatic carbocycles. The van der Waals surface area contributed by atoms with Gasteiger partial charge < -0.3 is 19.3 Å². The SMILES string of the molecule is O=C(O)[C@]12COCC[C@H]1CN(c1noc(-c3ccccc3)n1)C2. The highest BCUT2D eigenvalue weighted by Crippen LogP contribution is 2.42. The molecule has 1 aromatic carbocycles. The van der Waals surface area contributed by atoms with Gasteiger partial charge in [-0.15, -0.1) is 0 Å². The highest BCUT2D eigenvalue weighted by Gasteiger charge is 2.55. The first-order chi connectivity index (χ1) is 11.2. The third kappa shape index (κ3) is 2.28. The molecule has 1 aromatic heterocycles. The third-order valence-corrected chi connectivity index (χ3v) is 4.81. The fourth-order valence-corrected chi connectivity index (χ4v) is 3.48. The first-order valence-electron chi connectivity index (χ1n) is 7.64. The van der Waals surface area contributed by atoms with Gasteiger partial charge in [0, 0.05) is 25.3 Å². The van der Waals surface area contributed by atoms with E-state index in [1.165, 1.54) is 0 Å². The molecule has 2 aromatic rings. The zero-order valence-corrected chi connectivity index (χ0v) is 12.5. The number of hydrogen-bond donors (Lipinski definition) is 1. The van der Waals surface area contributed by atoms with Gasteiger partial charge >= 0.3 is 5.97 Å². The Bertz CT molecular complexity index is 717. The summed E-state index contributed by atoms with van der Waals surface area (Å²) in [4.78, 5) is 18.1. The quantitative estimate of drug-likeness (QED) is 0.921. The molecule has 2 atom stereocenters. The smallest absolute Gasteiger partial charge is 0.314 e. The number of hydrogen-bond acceptors (Lipinski definition) is 6. The van der Waals surface area contributed by atoms with Crippen LogP contribution in [0.4, 0.5) is 5.95 Å². The molecule has 120 valence electrons. The van der Waals surface area contributed by atoms with Crippen LogP contribution in [0.2, 0.25) is 0 Å². The van der Waals surface area contributed by atoms with Crippen LogP contribution in [-0.2, 0) is 9.53 Å². The molecule has 0 bridgehead atoms. The molecule has 3 heterocycles. The lowest BCUT2D eigenvalue weighted by molar-refractivity contribution is -0.159. The van der Waals surface area contributed by atoms with Gasteiger partial charge in [-0.2, -0.15) is 4.98 Å². The highest BCUT2D eigenvalue weighted by atomic mass is 16.5. The van der Waals surface area contributed by atoms with Crippen molar-refractivity contribution < 1.29 is 19.2 Å². The number of ether oxygens (including phenoxy) is 1. The number of aliphatic carboxylic acids is 1. The van der Waals surface area contributed by atoms with Crippen LogP contribution in [0.15, 0.2) is 34.9 Å². The van der Waals surface area contributed by atoms with E-state index in [9.17, 15) is 9.90 Å². The van der Waals surface area contributed by atoms with Crippen molar-refractivity contribution in [2.24, 2.45) is 11.3 Å². The lowest BCUT2D eigenvalue weighted by Crippen LogP contribution is -2.46. The van der Waals surface area contributed by atoms with Crippen LogP contribution in [0.3, 0.4) is 0 Å². The minimum absolute atomic E-state index is 0.0485. The zero-order valence-electron chi connectivity index (χ0n) is 12.5. The van der Waals surface area contributed by atoms with E-state index in [2.05, 4.69) is 10.1 Å². The normalized spacial score (nSPS) is 27.0. The van der Waals surface area contributed by atoms with E-state index in [4.69, 9.17) is 9.26 Å². The summed E-state index contributed by atoms with van der Waals surface area (Å²) in [6, 6.07) is 9.52. The molecule has 7 heteroatoms. The monoisotopic (exact) mass is 315 g/mol. The minimum Gasteiger partial charge on any atom is -0.481 e. The van der Waals surface area contributed by atoms with E-state index < -0.39 is 11.4 Å². The van der Waals surface area contributed by atoms with Gasteiger partial charge in [0.1, 0.15) is 5.41 Å². The van der Waals surface area contributed by atoms with Crippen LogP contribution in [0, 0.1) is 11.3 Å². The molecule has 2 aliphatic heterocycles. The second-order valence-electron chi connectivity index (χ2n) is 6.15. The second-order valence-corrected chi connectivity index (χ2v) is 6.15. The summed E-state index contributed by atoms with van der Waals surface area (Å²) >= 11 is 0. The topological polar surface area (TPSA) is 88.7 Å². The number of benzene rings is 1. The van der Waals surface area contributed by atoms with Crippen LogP contribution in [-0.4, -0.2) is 47.5 Å². The number of carboxylic acids is 1. The third-order valence-electron chi connectivity index (χ3n) is 4.81. The van der Waals surface area contributed by atoms with Crippen LogP contribution in [0.1, 0.15) is 6.42 Å². The molecule has 0 amide bonds. The van der Waals surface area contributed by atoms with Gasteiger partial charge in [-0.3, -0.25) is 4.79 Å². The summed E-state index contributed by atoms with van der Waals surface area (Å²) in [5, 5.41) is 13.7. The van der Waals surface area contributed by atoms with Gasteiger partial charge in [-0.1, -0.05) is 18.2 Å². The van der Waals surface area contributed by atoms with Gasteiger partial charge in [-0.25, -0.2) is 0 Å². The predicted molar refractivity (Wildman–Crippen MR) is 80.9 cm³/mol. The molecule has 2 aliphatic rings. The summed E-state index contributed by atoms with van der Waals surface area (Å²) in [6.45, 7) is 1.81. The van der Waals surface area contributed by atoms with Gasteiger partial charge in [0.2, 0.25) is 0 Å². The maximum absolute atomic E-state index is 11.8. The molecule has 2 fully saturated rings. The Balaban J connectivity index is 1.60. The summed E-state index contributed by atoms with van der Waals surface area (Å²) < 4.78 is 10.8. The van der Waals surface area contributed by atoms with Crippen molar-refractivity contribution in [2.45, 2.75) is 6.42 Å². The Hall–Kier alpha value is -2.41. The summed E-state index contributed by atoms with van der Waals surface area (Å²) in [7, 11) is 0. The van der Waals surface area contributed by atoms with E-state index in [0.717, 1.165) is 12.0 Å². The molecule has 0 radical (unpaired) electrons. The Morgan fingerprint density at radius 3 is 2.91 bits per heavy atom. The van der Waals surface area contributed by atoms with Crippen molar-refractivity contribution in [3.63, 3.8) is 0 Å². The first-order valence-corrected chi connectivity index (χ1v) is 7.64. The van der Waals surface area contributed by atoms with E-state index in [1.807, 2.05) is 35.2 Å².